The SMILES string of the molecule is CSCCC(NC(=O)c1ccco1)C(=O)Nc1ccccc1O. The summed E-state index contributed by atoms with van der Waals surface area (Å²) in [6.07, 6.45) is 3.78. The van der Waals surface area contributed by atoms with Crippen LogP contribution in [0.25, 0.3) is 0 Å². The number of thioether (sulfide) groups is 1. The summed E-state index contributed by atoms with van der Waals surface area (Å²) >= 11 is 1.58. The van der Waals surface area contributed by atoms with E-state index in [1.54, 1.807) is 36.0 Å². The van der Waals surface area contributed by atoms with Crippen molar-refractivity contribution in [3.8, 4) is 5.75 Å². The Morgan fingerprint density at radius 1 is 1.26 bits per heavy atom. The molecule has 7 heteroatoms. The first-order valence-corrected chi connectivity index (χ1v) is 8.43. The standard InChI is InChI=1S/C16H18N2O4S/c1-23-10-8-12(18-16(21)14-7-4-9-22-14)15(20)17-11-5-2-3-6-13(11)19/h2-7,9,12,19H,8,10H2,1H3,(H,17,20)(H,18,21). The third-order valence-electron chi connectivity index (χ3n) is 3.14. The van der Waals surface area contributed by atoms with Gasteiger partial charge in [-0.25, -0.2) is 0 Å². The normalized spacial score (nSPS) is 11.7. The summed E-state index contributed by atoms with van der Waals surface area (Å²) in [6, 6.07) is 8.85. The Morgan fingerprint density at radius 2 is 2.04 bits per heavy atom. The number of phenolic OH excluding ortho intramolecular Hbond substituents is 1. The summed E-state index contributed by atoms with van der Waals surface area (Å²) < 4.78 is 5.03. The van der Waals surface area contributed by atoms with E-state index in [1.807, 2.05) is 6.26 Å². The topological polar surface area (TPSA) is 91.6 Å². The van der Waals surface area contributed by atoms with Gasteiger partial charge in [-0.05, 0) is 42.7 Å². The fraction of sp³-hybridized carbons (Fsp3) is 0.250. The summed E-state index contributed by atoms with van der Waals surface area (Å²) in [5, 5.41) is 15.0. The second-order valence-corrected chi connectivity index (χ2v) is 5.78. The Hall–Kier alpha value is -2.41. The van der Waals surface area contributed by atoms with Gasteiger partial charge in [0, 0.05) is 0 Å². The lowest BCUT2D eigenvalue weighted by molar-refractivity contribution is -0.118. The van der Waals surface area contributed by atoms with Gasteiger partial charge >= 0.3 is 0 Å². The molecule has 2 aromatic rings. The Kier molecular flexibility index (Phi) is 6.10. The lowest BCUT2D eigenvalue weighted by Crippen LogP contribution is -2.44. The molecule has 1 unspecified atom stereocenters. The van der Waals surface area contributed by atoms with Crippen LogP contribution in [0.3, 0.4) is 0 Å². The molecule has 1 heterocycles. The van der Waals surface area contributed by atoms with E-state index in [0.29, 0.717) is 17.9 Å². The van der Waals surface area contributed by atoms with Gasteiger partial charge in [-0.2, -0.15) is 11.8 Å². The van der Waals surface area contributed by atoms with Gasteiger partial charge in [0.25, 0.3) is 5.91 Å². The van der Waals surface area contributed by atoms with Crippen molar-refractivity contribution in [1.29, 1.82) is 0 Å². The molecule has 0 aliphatic heterocycles. The van der Waals surface area contributed by atoms with Crippen LogP contribution < -0.4 is 10.6 Å². The number of benzene rings is 1. The summed E-state index contributed by atoms with van der Waals surface area (Å²) in [6.45, 7) is 0. The molecule has 2 amide bonds. The largest absolute Gasteiger partial charge is 0.506 e. The molecule has 1 aromatic heterocycles. The van der Waals surface area contributed by atoms with Gasteiger partial charge in [-0.1, -0.05) is 12.1 Å². The van der Waals surface area contributed by atoms with Crippen molar-refractivity contribution >= 4 is 29.3 Å². The van der Waals surface area contributed by atoms with E-state index in [2.05, 4.69) is 10.6 Å². The zero-order chi connectivity index (χ0) is 16.7. The van der Waals surface area contributed by atoms with E-state index in [-0.39, 0.29) is 17.4 Å². The second-order valence-electron chi connectivity index (χ2n) is 4.79. The van der Waals surface area contributed by atoms with E-state index in [9.17, 15) is 14.7 Å². The fourth-order valence-corrected chi connectivity index (χ4v) is 2.41. The van der Waals surface area contributed by atoms with E-state index >= 15 is 0 Å². The predicted molar refractivity (Wildman–Crippen MR) is 89.7 cm³/mol. The molecule has 2 rings (SSSR count). The minimum absolute atomic E-state index is 0.0261. The third-order valence-corrected chi connectivity index (χ3v) is 3.78. The Bertz CT molecular complexity index is 658. The van der Waals surface area contributed by atoms with Crippen LogP contribution >= 0.6 is 11.8 Å². The minimum Gasteiger partial charge on any atom is -0.506 e. The van der Waals surface area contributed by atoms with Crippen molar-refractivity contribution < 1.29 is 19.1 Å². The lowest BCUT2D eigenvalue weighted by atomic mass is 10.2. The van der Waals surface area contributed by atoms with Crippen molar-refractivity contribution in [2.45, 2.75) is 12.5 Å². The average Bonchev–Trinajstić information content (AvgIpc) is 3.08. The summed E-state index contributed by atoms with van der Waals surface area (Å²) in [7, 11) is 0. The van der Waals surface area contributed by atoms with Crippen LogP contribution in [0.5, 0.6) is 5.75 Å². The number of phenols is 1. The second kappa shape index (κ2) is 8.28. The van der Waals surface area contributed by atoms with Crippen molar-refractivity contribution in [1.82, 2.24) is 5.32 Å². The molecular weight excluding hydrogens is 316 g/mol. The molecule has 1 atom stereocenters. The predicted octanol–water partition coefficient (Wildman–Crippen LogP) is 2.48. The van der Waals surface area contributed by atoms with E-state index < -0.39 is 11.9 Å². The van der Waals surface area contributed by atoms with Gasteiger partial charge in [0.15, 0.2) is 5.76 Å². The maximum Gasteiger partial charge on any atom is 0.287 e. The number of anilines is 1. The highest BCUT2D eigenvalue weighted by atomic mass is 32.2. The summed E-state index contributed by atoms with van der Waals surface area (Å²) in [5.74, 6) is -0.0116. The Labute approximate surface area is 138 Å². The molecule has 0 spiro atoms. The highest BCUT2D eigenvalue weighted by molar-refractivity contribution is 7.98. The van der Waals surface area contributed by atoms with Gasteiger partial charge in [0.05, 0.1) is 12.0 Å². The van der Waals surface area contributed by atoms with Gasteiger partial charge in [-0.15, -0.1) is 0 Å². The number of nitrogens with one attached hydrogen (secondary N) is 2. The molecule has 0 radical (unpaired) electrons. The minimum atomic E-state index is -0.723. The number of carbonyl (C=O) groups is 2. The van der Waals surface area contributed by atoms with Crippen LogP contribution in [0.1, 0.15) is 17.0 Å². The van der Waals surface area contributed by atoms with Crippen molar-refractivity contribution in [2.75, 3.05) is 17.3 Å². The first kappa shape index (κ1) is 17.0. The quantitative estimate of drug-likeness (QED) is 0.677. The summed E-state index contributed by atoms with van der Waals surface area (Å²) in [4.78, 5) is 24.5. The number of aromatic hydroxyl groups is 1. The van der Waals surface area contributed by atoms with Crippen molar-refractivity contribution in [3.63, 3.8) is 0 Å². The van der Waals surface area contributed by atoms with Crippen LogP contribution in [-0.4, -0.2) is 35.0 Å². The number of carbonyl (C=O) groups excluding carboxylic acids is 2. The van der Waals surface area contributed by atoms with Crippen LogP contribution in [0.15, 0.2) is 47.1 Å². The van der Waals surface area contributed by atoms with Gasteiger partial charge in [0.1, 0.15) is 11.8 Å². The van der Waals surface area contributed by atoms with Crippen LogP contribution in [0.2, 0.25) is 0 Å². The fourth-order valence-electron chi connectivity index (χ4n) is 1.94. The number of rotatable bonds is 7. The molecule has 122 valence electrons. The molecule has 23 heavy (non-hydrogen) atoms. The molecule has 0 aliphatic rings. The van der Waals surface area contributed by atoms with Gasteiger partial charge in [0.2, 0.25) is 5.91 Å². The lowest BCUT2D eigenvalue weighted by Gasteiger charge is -2.18. The summed E-state index contributed by atoms with van der Waals surface area (Å²) in [5.41, 5.74) is 0.305. The number of hydrogen-bond acceptors (Lipinski definition) is 5. The van der Waals surface area contributed by atoms with Crippen LogP contribution in [-0.2, 0) is 4.79 Å². The molecule has 0 aliphatic carbocycles. The number of para-hydroxylation sites is 2. The Morgan fingerprint density at radius 3 is 2.70 bits per heavy atom. The monoisotopic (exact) mass is 334 g/mol. The molecule has 1 aromatic carbocycles. The molecule has 0 saturated carbocycles. The van der Waals surface area contributed by atoms with Crippen molar-refractivity contribution in [2.24, 2.45) is 0 Å². The van der Waals surface area contributed by atoms with Crippen LogP contribution in [0, 0.1) is 0 Å². The highest BCUT2D eigenvalue weighted by Crippen LogP contribution is 2.21. The van der Waals surface area contributed by atoms with E-state index in [1.165, 1.54) is 18.4 Å². The smallest absolute Gasteiger partial charge is 0.287 e. The van der Waals surface area contributed by atoms with E-state index in [4.69, 9.17) is 4.42 Å². The molecule has 0 fully saturated rings. The zero-order valence-electron chi connectivity index (χ0n) is 12.6. The van der Waals surface area contributed by atoms with Gasteiger partial charge in [-0.3, -0.25) is 9.59 Å². The van der Waals surface area contributed by atoms with Gasteiger partial charge < -0.3 is 20.2 Å². The van der Waals surface area contributed by atoms with Crippen LogP contribution in [0.4, 0.5) is 5.69 Å². The van der Waals surface area contributed by atoms with E-state index in [0.717, 1.165) is 0 Å². The molecule has 0 saturated heterocycles. The number of hydrogen-bond donors (Lipinski definition) is 3. The highest BCUT2D eigenvalue weighted by Gasteiger charge is 2.22. The number of amides is 2. The first-order valence-electron chi connectivity index (χ1n) is 7.04. The Balaban J connectivity index is 2.06. The molecule has 6 nitrogen and oxygen atoms in total. The maximum absolute atomic E-state index is 12.4. The average molecular weight is 334 g/mol. The first-order chi connectivity index (χ1) is 11.1. The molecular formula is C16H18N2O4S. The zero-order valence-corrected chi connectivity index (χ0v) is 13.4. The third kappa shape index (κ3) is 4.79. The molecule has 0 bridgehead atoms. The number of furan rings is 1. The molecule has 3 N–H and O–H groups in total. The van der Waals surface area contributed by atoms with Crippen molar-refractivity contribution in [3.05, 3.63) is 48.4 Å². The maximum atomic E-state index is 12.4.